The van der Waals surface area contributed by atoms with Crippen LogP contribution in [0.25, 0.3) is 0 Å². The summed E-state index contributed by atoms with van der Waals surface area (Å²) in [6, 6.07) is 3.95. The fourth-order valence-corrected chi connectivity index (χ4v) is 2.33. The molecule has 0 aliphatic rings. The lowest BCUT2D eigenvalue weighted by molar-refractivity contribution is -0.385. The number of carbonyl (C=O) groups excluding carboxylic acids is 1. The molecule has 0 saturated carbocycles. The summed E-state index contributed by atoms with van der Waals surface area (Å²) in [4.78, 5) is 33.2. The molecule has 126 valence electrons. The SMILES string of the molecule is COC(=O)c1cccc([N+](=O)[O-])c1C(C)CN[C@H](C)CC(=O)O. The van der Waals surface area contributed by atoms with Crippen molar-refractivity contribution in [2.75, 3.05) is 13.7 Å². The van der Waals surface area contributed by atoms with E-state index < -0.39 is 16.9 Å². The molecular formula is C15H20N2O6. The lowest BCUT2D eigenvalue weighted by atomic mass is 9.93. The van der Waals surface area contributed by atoms with Gasteiger partial charge in [-0.3, -0.25) is 14.9 Å². The van der Waals surface area contributed by atoms with Gasteiger partial charge in [-0.05, 0) is 13.0 Å². The standard InChI is InChI=1S/C15H20N2O6/c1-9(8-16-10(2)7-13(18)19)14-11(15(20)23-3)5-4-6-12(14)17(21)22/h4-6,9-10,16H,7-8H2,1-3H3,(H,18,19)/t9?,10-/m1/s1. The van der Waals surface area contributed by atoms with Gasteiger partial charge in [0.1, 0.15) is 0 Å². The number of nitro groups is 1. The van der Waals surface area contributed by atoms with Crippen LogP contribution in [-0.4, -0.2) is 41.7 Å². The number of esters is 1. The van der Waals surface area contributed by atoms with Gasteiger partial charge >= 0.3 is 11.9 Å². The third-order valence-corrected chi connectivity index (χ3v) is 3.43. The number of hydrogen-bond donors (Lipinski definition) is 2. The number of aliphatic carboxylic acids is 1. The van der Waals surface area contributed by atoms with E-state index >= 15 is 0 Å². The Hall–Kier alpha value is -2.48. The minimum Gasteiger partial charge on any atom is -0.481 e. The quantitative estimate of drug-likeness (QED) is 0.426. The summed E-state index contributed by atoms with van der Waals surface area (Å²) in [5.74, 6) is -1.95. The molecule has 0 fully saturated rings. The van der Waals surface area contributed by atoms with E-state index in [9.17, 15) is 19.7 Å². The molecular weight excluding hydrogens is 304 g/mol. The largest absolute Gasteiger partial charge is 0.481 e. The number of ether oxygens (including phenoxy) is 1. The average Bonchev–Trinajstić information content (AvgIpc) is 2.50. The van der Waals surface area contributed by atoms with Crippen LogP contribution in [0.3, 0.4) is 0 Å². The summed E-state index contributed by atoms with van der Waals surface area (Å²) >= 11 is 0. The molecule has 0 aromatic heterocycles. The van der Waals surface area contributed by atoms with E-state index in [2.05, 4.69) is 10.1 Å². The molecule has 0 radical (unpaired) electrons. The number of carboxylic acid groups (broad SMARTS) is 1. The van der Waals surface area contributed by atoms with Crippen molar-refractivity contribution in [1.82, 2.24) is 5.32 Å². The van der Waals surface area contributed by atoms with Crippen molar-refractivity contribution in [2.24, 2.45) is 0 Å². The van der Waals surface area contributed by atoms with E-state index in [1.807, 2.05) is 0 Å². The Balaban J connectivity index is 3.05. The van der Waals surface area contributed by atoms with Crippen molar-refractivity contribution >= 4 is 17.6 Å². The Morgan fingerprint density at radius 3 is 2.57 bits per heavy atom. The summed E-state index contributed by atoms with van der Waals surface area (Å²) in [6.45, 7) is 3.74. The van der Waals surface area contributed by atoms with Crippen molar-refractivity contribution in [2.45, 2.75) is 32.2 Å². The van der Waals surface area contributed by atoms with Gasteiger partial charge in [0.15, 0.2) is 0 Å². The lowest BCUT2D eigenvalue weighted by Crippen LogP contribution is -2.32. The Labute approximate surface area is 133 Å². The zero-order valence-corrected chi connectivity index (χ0v) is 13.2. The van der Waals surface area contributed by atoms with Gasteiger partial charge in [0.2, 0.25) is 0 Å². The van der Waals surface area contributed by atoms with Crippen molar-refractivity contribution in [1.29, 1.82) is 0 Å². The molecule has 0 aliphatic heterocycles. The molecule has 2 N–H and O–H groups in total. The normalized spacial score (nSPS) is 13.2. The molecule has 1 aromatic rings. The highest BCUT2D eigenvalue weighted by Gasteiger charge is 2.26. The third kappa shape index (κ3) is 5.03. The maximum absolute atomic E-state index is 11.9. The van der Waals surface area contributed by atoms with E-state index in [-0.39, 0.29) is 35.2 Å². The van der Waals surface area contributed by atoms with Crippen LogP contribution >= 0.6 is 0 Å². The van der Waals surface area contributed by atoms with Crippen LogP contribution in [0.2, 0.25) is 0 Å². The molecule has 23 heavy (non-hydrogen) atoms. The zero-order chi connectivity index (χ0) is 17.6. The fourth-order valence-electron chi connectivity index (χ4n) is 2.33. The summed E-state index contributed by atoms with van der Waals surface area (Å²) < 4.78 is 4.68. The summed E-state index contributed by atoms with van der Waals surface area (Å²) in [5, 5.41) is 23.0. The Morgan fingerprint density at radius 1 is 1.39 bits per heavy atom. The number of benzene rings is 1. The Bertz CT molecular complexity index is 602. The van der Waals surface area contributed by atoms with Crippen molar-refractivity contribution in [3.05, 3.63) is 39.4 Å². The molecule has 1 unspecified atom stereocenters. The smallest absolute Gasteiger partial charge is 0.338 e. The van der Waals surface area contributed by atoms with Crippen molar-refractivity contribution in [3.8, 4) is 0 Å². The van der Waals surface area contributed by atoms with Gasteiger partial charge in [-0.25, -0.2) is 4.79 Å². The predicted octanol–water partition coefficient (Wildman–Crippen LogP) is 1.94. The van der Waals surface area contributed by atoms with Crippen LogP contribution in [0.15, 0.2) is 18.2 Å². The minimum atomic E-state index is -0.932. The topological polar surface area (TPSA) is 119 Å². The van der Waals surface area contributed by atoms with Gasteiger partial charge in [0.25, 0.3) is 5.69 Å². The van der Waals surface area contributed by atoms with E-state index in [1.54, 1.807) is 13.8 Å². The summed E-state index contributed by atoms with van der Waals surface area (Å²) in [6.07, 6.45) is -0.0620. The second kappa shape index (κ2) is 8.23. The summed E-state index contributed by atoms with van der Waals surface area (Å²) in [7, 11) is 1.21. The van der Waals surface area contributed by atoms with Crippen molar-refractivity contribution in [3.63, 3.8) is 0 Å². The van der Waals surface area contributed by atoms with Crippen LogP contribution in [0.4, 0.5) is 5.69 Å². The number of carboxylic acids is 1. The number of methoxy groups -OCH3 is 1. The van der Waals surface area contributed by atoms with Gasteiger partial charge in [-0.1, -0.05) is 13.0 Å². The third-order valence-electron chi connectivity index (χ3n) is 3.43. The highest BCUT2D eigenvalue weighted by molar-refractivity contribution is 5.92. The van der Waals surface area contributed by atoms with Crippen LogP contribution in [-0.2, 0) is 9.53 Å². The molecule has 1 rings (SSSR count). The van der Waals surface area contributed by atoms with Crippen LogP contribution in [0.5, 0.6) is 0 Å². The lowest BCUT2D eigenvalue weighted by Gasteiger charge is -2.18. The van der Waals surface area contributed by atoms with E-state index in [4.69, 9.17) is 5.11 Å². The maximum Gasteiger partial charge on any atom is 0.338 e. The molecule has 0 spiro atoms. The van der Waals surface area contributed by atoms with Crippen LogP contribution in [0, 0.1) is 10.1 Å². The highest BCUT2D eigenvalue weighted by Crippen LogP contribution is 2.30. The van der Waals surface area contributed by atoms with Gasteiger partial charge in [-0.15, -0.1) is 0 Å². The first-order valence-electron chi connectivity index (χ1n) is 7.08. The molecule has 0 bridgehead atoms. The van der Waals surface area contributed by atoms with Gasteiger partial charge in [-0.2, -0.15) is 0 Å². The average molecular weight is 324 g/mol. The molecule has 0 amide bonds. The predicted molar refractivity (Wildman–Crippen MR) is 82.6 cm³/mol. The highest BCUT2D eigenvalue weighted by atomic mass is 16.6. The van der Waals surface area contributed by atoms with E-state index in [0.717, 1.165) is 0 Å². The number of hydrogen-bond acceptors (Lipinski definition) is 6. The number of rotatable bonds is 8. The van der Waals surface area contributed by atoms with Gasteiger partial charge < -0.3 is 15.2 Å². The number of carbonyl (C=O) groups is 2. The molecule has 2 atom stereocenters. The molecule has 0 heterocycles. The van der Waals surface area contributed by atoms with Gasteiger partial charge in [0, 0.05) is 30.1 Å². The fraction of sp³-hybridized carbons (Fsp3) is 0.467. The molecule has 8 heteroatoms. The van der Waals surface area contributed by atoms with Crippen LogP contribution in [0.1, 0.15) is 42.1 Å². The Morgan fingerprint density at radius 2 is 2.04 bits per heavy atom. The van der Waals surface area contributed by atoms with E-state index in [1.165, 1.54) is 25.3 Å². The minimum absolute atomic E-state index is 0.0620. The molecule has 8 nitrogen and oxygen atoms in total. The Kier molecular flexibility index (Phi) is 6.65. The number of nitrogens with zero attached hydrogens (tertiary/aromatic N) is 1. The van der Waals surface area contributed by atoms with E-state index in [0.29, 0.717) is 6.54 Å². The first kappa shape index (κ1) is 18.6. The maximum atomic E-state index is 11.9. The second-order valence-electron chi connectivity index (χ2n) is 5.30. The summed E-state index contributed by atoms with van der Waals surface area (Å²) in [5.41, 5.74) is 0.259. The zero-order valence-electron chi connectivity index (χ0n) is 13.2. The monoisotopic (exact) mass is 324 g/mol. The first-order valence-corrected chi connectivity index (χ1v) is 7.08. The number of nitro benzene ring substituents is 1. The second-order valence-corrected chi connectivity index (χ2v) is 5.30. The molecule has 0 saturated heterocycles. The molecule has 1 aromatic carbocycles. The molecule has 0 aliphatic carbocycles. The van der Waals surface area contributed by atoms with Crippen LogP contribution < -0.4 is 5.32 Å². The van der Waals surface area contributed by atoms with Crippen molar-refractivity contribution < 1.29 is 24.4 Å². The number of nitrogens with one attached hydrogen (secondary N) is 1. The first-order chi connectivity index (χ1) is 10.8. The van der Waals surface area contributed by atoms with Gasteiger partial charge in [0.05, 0.1) is 24.0 Å².